The molecule has 0 unspecified atom stereocenters. The van der Waals surface area contributed by atoms with Gasteiger partial charge in [-0.2, -0.15) is 0 Å². The van der Waals surface area contributed by atoms with Gasteiger partial charge in [-0.15, -0.1) is 0 Å². The third-order valence-corrected chi connectivity index (χ3v) is 11.0. The number of rotatable bonds is 7. The van der Waals surface area contributed by atoms with Crippen molar-refractivity contribution in [2.75, 3.05) is 25.0 Å². The zero-order chi connectivity index (χ0) is 32.0. The van der Waals surface area contributed by atoms with Gasteiger partial charge in [0, 0.05) is 50.3 Å². The lowest BCUT2D eigenvalue weighted by Gasteiger charge is -2.61. The molecule has 1 aliphatic heterocycles. The normalized spacial score (nSPS) is 25.8. The number of halogens is 1. The zero-order valence-corrected chi connectivity index (χ0v) is 27.3. The Kier molecular flexibility index (Phi) is 8.17. The van der Waals surface area contributed by atoms with E-state index < -0.39 is 0 Å². The van der Waals surface area contributed by atoms with Gasteiger partial charge in [0.1, 0.15) is 11.6 Å². The number of fused-ring (bicyclic) bond motifs is 3. The molecule has 4 aromatic rings. The molecule has 46 heavy (non-hydrogen) atoms. The number of hydrogen-bond donors (Lipinski definition) is 2. The molecule has 2 N–H and O–H groups in total. The third kappa shape index (κ3) is 5.95. The van der Waals surface area contributed by atoms with Crippen molar-refractivity contribution in [1.82, 2.24) is 29.3 Å². The lowest BCUT2D eigenvalue weighted by atomic mass is 9.45. The number of aliphatic imine (C=N–C) groups is 1. The second kappa shape index (κ2) is 12.3. The highest BCUT2D eigenvalue weighted by Gasteiger charge is 2.56. The number of piperazine rings is 1. The Hall–Kier alpha value is -4.05. The van der Waals surface area contributed by atoms with Gasteiger partial charge in [0.25, 0.3) is 5.56 Å². The number of anilines is 1. The quantitative estimate of drug-likeness (QED) is 0.218. The van der Waals surface area contributed by atoms with Crippen LogP contribution in [-0.2, 0) is 19.5 Å². The van der Waals surface area contributed by atoms with E-state index in [9.17, 15) is 9.18 Å². The first-order valence-corrected chi connectivity index (χ1v) is 16.7. The molecule has 0 radical (unpaired) electrons. The van der Waals surface area contributed by atoms with Crippen molar-refractivity contribution in [3.63, 3.8) is 0 Å². The minimum Gasteiger partial charge on any atom is -0.340 e. The largest absolute Gasteiger partial charge is 0.340 e. The van der Waals surface area contributed by atoms with Gasteiger partial charge in [0.2, 0.25) is 0 Å². The number of aryl methyl sites for hydroxylation is 1. The summed E-state index contributed by atoms with van der Waals surface area (Å²) in [6, 6.07) is 12.9. The first-order chi connectivity index (χ1) is 22.2. The Morgan fingerprint density at radius 1 is 1.15 bits per heavy atom. The number of imidazole rings is 1. The fourth-order valence-corrected chi connectivity index (χ4v) is 8.03. The molecule has 3 saturated carbocycles. The van der Waals surface area contributed by atoms with E-state index in [4.69, 9.17) is 9.98 Å². The van der Waals surface area contributed by atoms with Crippen LogP contribution in [0.4, 0.5) is 10.1 Å². The number of nitrogens with one attached hydrogen (secondary N) is 2. The highest BCUT2D eigenvalue weighted by atomic mass is 19.1. The molecular weight excluding hydrogens is 579 g/mol. The SMILES string of the molecule is C[C@@H]1[C@@H](/N=C(/Nc2ccc3c(=O)n(CCc4ccc(F)cc4)c(Cn4ccnc4)nc3c2)N2CCN[C@@H](C)C2)C[C@H]2C[C@@H]1C2(C)C. The smallest absolute Gasteiger partial charge is 0.261 e. The molecule has 10 heteroatoms. The van der Waals surface area contributed by atoms with E-state index in [1.807, 2.05) is 29.0 Å². The van der Waals surface area contributed by atoms with E-state index in [-0.39, 0.29) is 17.4 Å². The number of hydrogen-bond acceptors (Lipinski definition) is 5. The minimum atomic E-state index is -0.271. The molecular formula is C36H45FN8O. The molecule has 0 spiro atoms. The van der Waals surface area contributed by atoms with Crippen LogP contribution in [0.2, 0.25) is 0 Å². The lowest BCUT2D eigenvalue weighted by molar-refractivity contribution is -0.108. The summed E-state index contributed by atoms with van der Waals surface area (Å²) >= 11 is 0. The van der Waals surface area contributed by atoms with Crippen molar-refractivity contribution in [2.24, 2.45) is 28.2 Å². The number of guanidine groups is 1. The number of benzene rings is 2. The molecule has 4 fully saturated rings. The van der Waals surface area contributed by atoms with Gasteiger partial charge in [-0.3, -0.25) is 9.36 Å². The summed E-state index contributed by atoms with van der Waals surface area (Å²) in [6.45, 7) is 13.0. The maximum Gasteiger partial charge on any atom is 0.261 e. The topological polar surface area (TPSA) is 92.4 Å². The molecule has 3 aliphatic carbocycles. The summed E-state index contributed by atoms with van der Waals surface area (Å²) in [5.41, 5.74) is 2.80. The first kappa shape index (κ1) is 30.6. The van der Waals surface area contributed by atoms with Crippen LogP contribution in [0.25, 0.3) is 10.9 Å². The third-order valence-electron chi connectivity index (χ3n) is 11.0. The van der Waals surface area contributed by atoms with Crippen molar-refractivity contribution >= 4 is 22.5 Å². The van der Waals surface area contributed by atoms with Gasteiger partial charge in [0.15, 0.2) is 5.96 Å². The van der Waals surface area contributed by atoms with E-state index in [1.54, 1.807) is 29.2 Å². The zero-order valence-electron chi connectivity index (χ0n) is 27.3. The van der Waals surface area contributed by atoms with Gasteiger partial charge in [-0.05, 0) is 85.3 Å². The standard InChI is InChI=1S/C36H45FN8O/c1-23-20-44(16-13-39-23)35(42-31-18-26-17-30(24(31)2)36(26,3)4)40-28-9-10-29-32(19-28)41-33(21-43-15-12-38-22-43)45(34(29)46)14-11-25-5-7-27(37)8-6-25/h5-10,12,15,19,22-24,26,30-31,39H,11,13-14,16-18,20-21H2,1-4H3,(H,40,42)/t23-,24-,26+,30-,31-/m0/s1. The molecule has 2 bridgehead atoms. The van der Waals surface area contributed by atoms with Gasteiger partial charge in [-0.1, -0.05) is 32.9 Å². The van der Waals surface area contributed by atoms with Crippen molar-refractivity contribution in [3.8, 4) is 0 Å². The van der Waals surface area contributed by atoms with Crippen molar-refractivity contribution in [3.05, 3.63) is 88.7 Å². The summed E-state index contributed by atoms with van der Waals surface area (Å²) in [5.74, 6) is 3.27. The maximum atomic E-state index is 13.9. The average molecular weight is 625 g/mol. The Bertz CT molecular complexity index is 1780. The van der Waals surface area contributed by atoms with Crippen LogP contribution in [-0.4, -0.2) is 61.7 Å². The van der Waals surface area contributed by atoms with Crippen molar-refractivity contribution in [1.29, 1.82) is 0 Å². The highest BCUT2D eigenvalue weighted by molar-refractivity contribution is 5.96. The number of aromatic nitrogens is 4. The van der Waals surface area contributed by atoms with E-state index in [2.05, 4.69) is 48.2 Å². The van der Waals surface area contributed by atoms with E-state index >= 15 is 0 Å². The molecule has 2 aromatic heterocycles. The Balaban J connectivity index is 1.21. The molecule has 242 valence electrons. The summed E-state index contributed by atoms with van der Waals surface area (Å²) in [4.78, 5) is 31.0. The molecule has 8 rings (SSSR count). The van der Waals surface area contributed by atoms with E-state index in [0.717, 1.165) is 49.2 Å². The van der Waals surface area contributed by atoms with Crippen LogP contribution in [0.15, 0.2) is 71.0 Å². The number of nitrogens with zero attached hydrogens (tertiary/aromatic N) is 6. The maximum absolute atomic E-state index is 13.9. The van der Waals surface area contributed by atoms with Crippen LogP contribution in [0.3, 0.4) is 0 Å². The van der Waals surface area contributed by atoms with Crippen LogP contribution >= 0.6 is 0 Å². The van der Waals surface area contributed by atoms with E-state index in [1.165, 1.54) is 18.6 Å². The molecule has 4 aliphatic rings. The van der Waals surface area contributed by atoms with Crippen LogP contribution in [0, 0.1) is 29.0 Å². The molecule has 9 nitrogen and oxygen atoms in total. The summed E-state index contributed by atoms with van der Waals surface area (Å²) in [7, 11) is 0. The molecule has 5 atom stereocenters. The van der Waals surface area contributed by atoms with E-state index in [0.29, 0.717) is 59.5 Å². The fraction of sp³-hybridized carbons (Fsp3) is 0.500. The lowest BCUT2D eigenvalue weighted by Crippen LogP contribution is -2.57. The van der Waals surface area contributed by atoms with Crippen LogP contribution in [0.5, 0.6) is 0 Å². The van der Waals surface area contributed by atoms with Crippen molar-refractivity contribution in [2.45, 2.75) is 72.1 Å². The Morgan fingerprint density at radius 3 is 2.70 bits per heavy atom. The van der Waals surface area contributed by atoms with Gasteiger partial charge >= 0.3 is 0 Å². The Labute approximate surface area is 270 Å². The predicted molar refractivity (Wildman–Crippen MR) is 180 cm³/mol. The summed E-state index contributed by atoms with van der Waals surface area (Å²) < 4.78 is 17.1. The molecule has 3 heterocycles. The van der Waals surface area contributed by atoms with Crippen molar-refractivity contribution < 1.29 is 4.39 Å². The fourth-order valence-electron chi connectivity index (χ4n) is 8.03. The predicted octanol–water partition coefficient (Wildman–Crippen LogP) is 5.16. The average Bonchev–Trinajstić information content (AvgIpc) is 3.55. The molecule has 2 aromatic carbocycles. The minimum absolute atomic E-state index is 0.0866. The highest BCUT2D eigenvalue weighted by Crippen LogP contribution is 2.61. The second-order valence-corrected chi connectivity index (χ2v) is 14.2. The molecule has 1 saturated heterocycles. The van der Waals surface area contributed by atoms with Gasteiger partial charge in [-0.25, -0.2) is 19.4 Å². The molecule has 0 amide bonds. The van der Waals surface area contributed by atoms with Crippen LogP contribution < -0.4 is 16.2 Å². The monoisotopic (exact) mass is 624 g/mol. The summed E-state index contributed by atoms with van der Waals surface area (Å²) in [5, 5.41) is 7.81. The Morgan fingerprint density at radius 2 is 1.98 bits per heavy atom. The van der Waals surface area contributed by atoms with Gasteiger partial charge < -0.3 is 20.1 Å². The van der Waals surface area contributed by atoms with Gasteiger partial charge in [0.05, 0.1) is 29.8 Å². The second-order valence-electron chi connectivity index (χ2n) is 14.2. The summed E-state index contributed by atoms with van der Waals surface area (Å²) in [6.07, 6.45) is 8.36. The first-order valence-electron chi connectivity index (χ1n) is 16.7. The van der Waals surface area contributed by atoms with Crippen LogP contribution in [0.1, 0.15) is 51.9 Å².